The molecule has 1 atom stereocenters. The summed E-state index contributed by atoms with van der Waals surface area (Å²) in [4.78, 5) is 10.9. The molecule has 1 N–H and O–H groups in total. The maximum absolute atomic E-state index is 10.9. The average molecular weight is 202 g/mol. The van der Waals surface area contributed by atoms with Crippen molar-refractivity contribution in [2.24, 2.45) is 0 Å². The topological polar surface area (TPSA) is 37.3 Å². The minimum atomic E-state index is -0.626. The molecule has 2 nitrogen and oxygen atoms in total. The molecule has 0 heterocycles. The molecule has 0 amide bonds. The van der Waals surface area contributed by atoms with Crippen molar-refractivity contribution in [2.45, 2.75) is 55.9 Å². The summed E-state index contributed by atoms with van der Waals surface area (Å²) < 4.78 is 0. The van der Waals surface area contributed by atoms with Crippen molar-refractivity contribution in [3.63, 3.8) is 0 Å². The Balaban J connectivity index is 2.32. The Bertz CT molecular complexity index is 164. The molecule has 1 saturated carbocycles. The third-order valence-electron chi connectivity index (χ3n) is 2.49. The van der Waals surface area contributed by atoms with Gasteiger partial charge in [0.15, 0.2) is 0 Å². The molecular weight excluding hydrogens is 184 g/mol. The monoisotopic (exact) mass is 202 g/mol. The van der Waals surface area contributed by atoms with E-state index in [4.69, 9.17) is 5.11 Å². The molecule has 1 unspecified atom stereocenters. The lowest BCUT2D eigenvalue weighted by molar-refractivity contribution is -0.136. The molecule has 0 aromatic carbocycles. The molecule has 1 aliphatic rings. The predicted octanol–water partition coefficient (Wildman–Crippen LogP) is 2.92. The molecule has 0 radical (unpaired) electrons. The average Bonchev–Trinajstić information content (AvgIpc) is 2.56. The van der Waals surface area contributed by atoms with Crippen LogP contribution in [-0.2, 0) is 4.79 Å². The largest absolute Gasteiger partial charge is 0.480 e. The van der Waals surface area contributed by atoms with Crippen LogP contribution in [0.4, 0.5) is 0 Å². The van der Waals surface area contributed by atoms with E-state index in [-0.39, 0.29) is 5.25 Å². The molecule has 0 bridgehead atoms. The third kappa shape index (κ3) is 3.59. The second kappa shape index (κ2) is 5.53. The van der Waals surface area contributed by atoms with E-state index in [0.717, 1.165) is 12.8 Å². The van der Waals surface area contributed by atoms with Crippen molar-refractivity contribution < 1.29 is 9.90 Å². The van der Waals surface area contributed by atoms with E-state index in [2.05, 4.69) is 0 Å². The highest BCUT2D eigenvalue weighted by Crippen LogP contribution is 2.33. The first-order valence-electron chi connectivity index (χ1n) is 5.12. The lowest BCUT2D eigenvalue weighted by Crippen LogP contribution is -2.19. The molecule has 1 rings (SSSR count). The Labute approximate surface area is 84.1 Å². The van der Waals surface area contributed by atoms with Crippen molar-refractivity contribution in [1.29, 1.82) is 0 Å². The van der Waals surface area contributed by atoms with Gasteiger partial charge in [-0.3, -0.25) is 4.79 Å². The fraction of sp³-hybridized carbons (Fsp3) is 0.900. The van der Waals surface area contributed by atoms with Crippen LogP contribution in [-0.4, -0.2) is 21.6 Å². The van der Waals surface area contributed by atoms with Crippen LogP contribution in [0.15, 0.2) is 0 Å². The van der Waals surface area contributed by atoms with Crippen molar-refractivity contribution in [2.75, 3.05) is 0 Å². The number of carboxylic acid groups (broad SMARTS) is 1. The number of carboxylic acids is 1. The van der Waals surface area contributed by atoms with Crippen LogP contribution in [0.1, 0.15) is 45.4 Å². The highest BCUT2D eigenvalue weighted by atomic mass is 32.2. The highest BCUT2D eigenvalue weighted by molar-refractivity contribution is 8.01. The second-order valence-electron chi connectivity index (χ2n) is 3.66. The van der Waals surface area contributed by atoms with E-state index >= 15 is 0 Å². The summed E-state index contributed by atoms with van der Waals surface area (Å²) in [5.74, 6) is -0.626. The van der Waals surface area contributed by atoms with Gasteiger partial charge in [0.2, 0.25) is 0 Å². The molecular formula is C10H18O2S. The Kier molecular flexibility index (Phi) is 4.64. The first-order chi connectivity index (χ1) is 6.24. The fourth-order valence-corrected chi connectivity index (χ4v) is 3.33. The van der Waals surface area contributed by atoms with Crippen LogP contribution in [0.5, 0.6) is 0 Å². The predicted molar refractivity (Wildman–Crippen MR) is 56.2 cm³/mol. The zero-order valence-electron chi connectivity index (χ0n) is 8.16. The molecule has 3 heteroatoms. The van der Waals surface area contributed by atoms with E-state index in [9.17, 15) is 4.79 Å². The Morgan fingerprint density at radius 1 is 1.54 bits per heavy atom. The Morgan fingerprint density at radius 3 is 2.62 bits per heavy atom. The molecule has 1 fully saturated rings. The first-order valence-corrected chi connectivity index (χ1v) is 6.06. The van der Waals surface area contributed by atoms with Crippen LogP contribution in [0, 0.1) is 0 Å². The van der Waals surface area contributed by atoms with Crippen LogP contribution < -0.4 is 0 Å². The maximum atomic E-state index is 10.9. The zero-order valence-corrected chi connectivity index (χ0v) is 8.98. The number of hydrogen-bond donors (Lipinski definition) is 1. The van der Waals surface area contributed by atoms with Crippen LogP contribution in [0.25, 0.3) is 0 Å². The molecule has 0 spiro atoms. The van der Waals surface area contributed by atoms with Gasteiger partial charge in [-0.1, -0.05) is 26.2 Å². The molecule has 0 saturated heterocycles. The van der Waals surface area contributed by atoms with Gasteiger partial charge in [0, 0.05) is 5.25 Å². The van der Waals surface area contributed by atoms with E-state index < -0.39 is 5.97 Å². The molecule has 13 heavy (non-hydrogen) atoms. The number of carbonyl (C=O) groups is 1. The minimum Gasteiger partial charge on any atom is -0.480 e. The van der Waals surface area contributed by atoms with E-state index in [1.807, 2.05) is 6.92 Å². The van der Waals surface area contributed by atoms with E-state index in [1.165, 1.54) is 25.7 Å². The Morgan fingerprint density at radius 2 is 2.15 bits per heavy atom. The molecule has 0 aliphatic heterocycles. The van der Waals surface area contributed by atoms with Crippen molar-refractivity contribution in [3.8, 4) is 0 Å². The number of thioether (sulfide) groups is 1. The zero-order chi connectivity index (χ0) is 9.68. The van der Waals surface area contributed by atoms with Crippen molar-refractivity contribution >= 4 is 17.7 Å². The minimum absolute atomic E-state index is 0.159. The lowest BCUT2D eigenvalue weighted by atomic mass is 10.2. The van der Waals surface area contributed by atoms with Gasteiger partial charge >= 0.3 is 5.97 Å². The van der Waals surface area contributed by atoms with Crippen LogP contribution >= 0.6 is 11.8 Å². The summed E-state index contributed by atoms with van der Waals surface area (Å²) in [5.41, 5.74) is 0. The third-order valence-corrected chi connectivity index (χ3v) is 4.11. The van der Waals surface area contributed by atoms with E-state index in [0.29, 0.717) is 5.25 Å². The second-order valence-corrected chi connectivity index (χ2v) is 5.17. The molecule has 0 aromatic heterocycles. The molecule has 76 valence electrons. The number of hydrogen-bond acceptors (Lipinski definition) is 2. The maximum Gasteiger partial charge on any atom is 0.316 e. The summed E-state index contributed by atoms with van der Waals surface area (Å²) in [6, 6.07) is 0. The Hall–Kier alpha value is -0.180. The SMILES string of the molecule is CCCC(SC1CCCC1)C(=O)O. The molecule has 1 aliphatic carbocycles. The van der Waals surface area contributed by atoms with Gasteiger partial charge in [0.25, 0.3) is 0 Å². The van der Waals surface area contributed by atoms with Gasteiger partial charge in [-0.25, -0.2) is 0 Å². The van der Waals surface area contributed by atoms with Gasteiger partial charge in [-0.15, -0.1) is 11.8 Å². The summed E-state index contributed by atoms with van der Waals surface area (Å²) in [5, 5.41) is 9.40. The van der Waals surface area contributed by atoms with Gasteiger partial charge < -0.3 is 5.11 Å². The highest BCUT2D eigenvalue weighted by Gasteiger charge is 2.24. The lowest BCUT2D eigenvalue weighted by Gasteiger charge is -2.15. The normalized spacial score (nSPS) is 20.4. The first kappa shape index (κ1) is 10.9. The van der Waals surface area contributed by atoms with Crippen LogP contribution in [0.3, 0.4) is 0 Å². The van der Waals surface area contributed by atoms with Gasteiger partial charge in [0.1, 0.15) is 5.25 Å². The van der Waals surface area contributed by atoms with Crippen molar-refractivity contribution in [1.82, 2.24) is 0 Å². The summed E-state index contributed by atoms with van der Waals surface area (Å²) >= 11 is 1.69. The number of rotatable bonds is 5. The van der Waals surface area contributed by atoms with Crippen LogP contribution in [0.2, 0.25) is 0 Å². The summed E-state index contributed by atoms with van der Waals surface area (Å²) in [7, 11) is 0. The van der Waals surface area contributed by atoms with Gasteiger partial charge in [-0.05, 0) is 19.3 Å². The van der Waals surface area contributed by atoms with E-state index in [1.54, 1.807) is 11.8 Å². The summed E-state index contributed by atoms with van der Waals surface area (Å²) in [6.07, 6.45) is 6.80. The van der Waals surface area contributed by atoms with Gasteiger partial charge in [0.05, 0.1) is 0 Å². The van der Waals surface area contributed by atoms with Gasteiger partial charge in [-0.2, -0.15) is 0 Å². The smallest absolute Gasteiger partial charge is 0.316 e. The molecule has 0 aromatic rings. The quantitative estimate of drug-likeness (QED) is 0.744. The number of aliphatic carboxylic acids is 1. The fourth-order valence-electron chi connectivity index (χ4n) is 1.77. The standard InChI is InChI=1S/C10H18O2S/c1-2-5-9(10(11)12)13-8-6-3-4-7-8/h8-9H,2-7H2,1H3,(H,11,12). The summed E-state index contributed by atoms with van der Waals surface area (Å²) in [6.45, 7) is 2.05. The van der Waals surface area contributed by atoms with Crippen molar-refractivity contribution in [3.05, 3.63) is 0 Å².